The van der Waals surface area contributed by atoms with Crippen LogP contribution >= 0.6 is 0 Å². The van der Waals surface area contributed by atoms with Crippen LogP contribution in [0.2, 0.25) is 0 Å². The van der Waals surface area contributed by atoms with Crippen LogP contribution in [-0.2, 0) is 29.1 Å². The molecule has 132 valence electrons. The topological polar surface area (TPSA) is 80.3 Å². The van der Waals surface area contributed by atoms with Gasteiger partial charge in [-0.25, -0.2) is 0 Å². The zero-order valence-electron chi connectivity index (χ0n) is 15.2. The summed E-state index contributed by atoms with van der Waals surface area (Å²) in [4.78, 5) is 20.0. The molecule has 0 aliphatic heterocycles. The van der Waals surface area contributed by atoms with E-state index in [1.54, 1.807) is 0 Å². The number of carboxylic acid groups (broad SMARTS) is 2. The molecule has 0 aliphatic rings. The van der Waals surface area contributed by atoms with Gasteiger partial charge >= 0.3 is 19.5 Å². The van der Waals surface area contributed by atoms with Crippen molar-refractivity contribution in [2.45, 2.75) is 104 Å². The second kappa shape index (κ2) is 23.8. The van der Waals surface area contributed by atoms with Gasteiger partial charge in [0.25, 0.3) is 0 Å². The van der Waals surface area contributed by atoms with Crippen LogP contribution in [0.1, 0.15) is 104 Å². The Hall–Kier alpha value is -0.437. The molecule has 0 heterocycles. The number of hydrogen-bond acceptors (Lipinski definition) is 4. The van der Waals surface area contributed by atoms with Crippen molar-refractivity contribution in [3.8, 4) is 0 Å². The first-order valence-corrected chi connectivity index (χ1v) is 8.94. The molecule has 0 fully saturated rings. The summed E-state index contributed by atoms with van der Waals surface area (Å²) in [6, 6.07) is 0. The minimum absolute atomic E-state index is 0. The first kappa shape index (κ1) is 27.4. The Morgan fingerprint density at radius 3 is 1.09 bits per heavy atom. The molecule has 0 N–H and O–H groups in total. The van der Waals surface area contributed by atoms with Crippen LogP contribution in [0, 0.1) is 0 Å². The summed E-state index contributed by atoms with van der Waals surface area (Å²) in [5.74, 6) is -1.83. The second-order valence-electron chi connectivity index (χ2n) is 5.78. The van der Waals surface area contributed by atoms with E-state index in [1.165, 1.54) is 51.4 Å². The van der Waals surface area contributed by atoms with Gasteiger partial charge in [-0.3, -0.25) is 0 Å². The van der Waals surface area contributed by atoms with Crippen LogP contribution in [0.3, 0.4) is 0 Å². The number of carbonyl (C=O) groups is 2. The fourth-order valence-corrected chi connectivity index (χ4v) is 2.10. The molecule has 4 nitrogen and oxygen atoms in total. The van der Waals surface area contributed by atoms with Crippen molar-refractivity contribution in [2.24, 2.45) is 0 Å². The predicted molar refractivity (Wildman–Crippen MR) is 86.0 cm³/mol. The number of carboxylic acids is 2. The van der Waals surface area contributed by atoms with E-state index in [2.05, 4.69) is 13.8 Å². The van der Waals surface area contributed by atoms with E-state index in [0.717, 1.165) is 25.7 Å². The molecule has 0 aromatic rings. The molecule has 0 radical (unpaired) electrons. The molecular weight excluding hydrogens is 346 g/mol. The van der Waals surface area contributed by atoms with Crippen molar-refractivity contribution in [2.75, 3.05) is 0 Å². The van der Waals surface area contributed by atoms with Crippen molar-refractivity contribution in [1.82, 2.24) is 0 Å². The Morgan fingerprint density at radius 1 is 0.565 bits per heavy atom. The molecule has 0 rings (SSSR count). The van der Waals surface area contributed by atoms with Gasteiger partial charge in [-0.15, -0.1) is 0 Å². The standard InChI is InChI=1S/2C9H18O2.Zn/c2*1-2-3-4-5-6-7-8-9(10)11;/h2*2-8H2,1H3,(H,10,11);/q;;+2/p-2. The van der Waals surface area contributed by atoms with Crippen LogP contribution in [0.25, 0.3) is 0 Å². The molecule has 0 saturated carbocycles. The molecule has 0 aromatic carbocycles. The summed E-state index contributed by atoms with van der Waals surface area (Å²) < 4.78 is 0. The van der Waals surface area contributed by atoms with Gasteiger partial charge in [0.2, 0.25) is 0 Å². The van der Waals surface area contributed by atoms with Crippen molar-refractivity contribution in [3.63, 3.8) is 0 Å². The van der Waals surface area contributed by atoms with E-state index in [0.29, 0.717) is 0 Å². The average molecular weight is 380 g/mol. The molecule has 0 unspecified atom stereocenters. The van der Waals surface area contributed by atoms with Gasteiger partial charge < -0.3 is 19.8 Å². The van der Waals surface area contributed by atoms with Gasteiger partial charge in [-0.2, -0.15) is 0 Å². The van der Waals surface area contributed by atoms with Crippen LogP contribution in [0.5, 0.6) is 0 Å². The van der Waals surface area contributed by atoms with Gasteiger partial charge in [-0.05, 0) is 25.7 Å². The normalized spacial score (nSPS) is 9.48. The van der Waals surface area contributed by atoms with Gasteiger partial charge in [0, 0.05) is 11.9 Å². The maximum atomic E-state index is 9.98. The Bertz CT molecular complexity index is 231. The van der Waals surface area contributed by atoms with Gasteiger partial charge in [0.15, 0.2) is 0 Å². The van der Waals surface area contributed by atoms with E-state index < -0.39 is 11.9 Å². The molecule has 0 bridgehead atoms. The monoisotopic (exact) mass is 378 g/mol. The number of hydrogen-bond donors (Lipinski definition) is 0. The first-order valence-electron chi connectivity index (χ1n) is 8.94. The molecule has 5 heteroatoms. The minimum atomic E-state index is -0.916. The van der Waals surface area contributed by atoms with E-state index in [1.807, 2.05) is 0 Å². The molecular formula is C18H34O4Zn. The summed E-state index contributed by atoms with van der Waals surface area (Å²) in [5.41, 5.74) is 0. The second-order valence-corrected chi connectivity index (χ2v) is 5.78. The smallest absolute Gasteiger partial charge is 0.550 e. The summed E-state index contributed by atoms with van der Waals surface area (Å²) in [7, 11) is 0. The number of carbonyl (C=O) groups excluding carboxylic acids is 2. The largest absolute Gasteiger partial charge is 2.00 e. The molecule has 0 aliphatic carbocycles. The summed E-state index contributed by atoms with van der Waals surface area (Å²) in [5, 5.41) is 20.0. The molecule has 0 aromatic heterocycles. The molecule has 0 amide bonds. The maximum Gasteiger partial charge on any atom is 2.00 e. The zero-order valence-corrected chi connectivity index (χ0v) is 18.2. The average Bonchev–Trinajstić information content (AvgIpc) is 2.46. The summed E-state index contributed by atoms with van der Waals surface area (Å²) in [6.07, 6.45) is 13.9. The van der Waals surface area contributed by atoms with Crippen LogP contribution in [0.4, 0.5) is 0 Å². The molecule has 0 saturated heterocycles. The quantitative estimate of drug-likeness (QED) is 0.343. The minimum Gasteiger partial charge on any atom is -0.550 e. The Balaban J connectivity index is -0.000000333. The zero-order chi connectivity index (χ0) is 17.1. The summed E-state index contributed by atoms with van der Waals surface area (Å²) >= 11 is 0. The van der Waals surface area contributed by atoms with Crippen molar-refractivity contribution < 1.29 is 39.3 Å². The fraction of sp³-hybridized carbons (Fsp3) is 0.889. The van der Waals surface area contributed by atoms with Gasteiger partial charge in [0.1, 0.15) is 0 Å². The van der Waals surface area contributed by atoms with Crippen molar-refractivity contribution in [3.05, 3.63) is 0 Å². The van der Waals surface area contributed by atoms with Crippen molar-refractivity contribution in [1.29, 1.82) is 0 Å². The van der Waals surface area contributed by atoms with Crippen LogP contribution < -0.4 is 10.2 Å². The van der Waals surface area contributed by atoms with E-state index in [-0.39, 0.29) is 32.3 Å². The third kappa shape index (κ3) is 34.1. The predicted octanol–water partition coefficient (Wildman–Crippen LogP) is 2.97. The van der Waals surface area contributed by atoms with Crippen LogP contribution in [0.15, 0.2) is 0 Å². The molecule has 23 heavy (non-hydrogen) atoms. The SMILES string of the molecule is CCCCCCCCC(=O)[O-].CCCCCCCCC(=O)[O-].[Zn+2]. The van der Waals surface area contributed by atoms with Gasteiger partial charge in [-0.1, -0.05) is 78.1 Å². The first-order chi connectivity index (χ1) is 10.5. The fourth-order valence-electron chi connectivity index (χ4n) is 2.10. The van der Waals surface area contributed by atoms with E-state index in [4.69, 9.17) is 0 Å². The van der Waals surface area contributed by atoms with Crippen LogP contribution in [-0.4, -0.2) is 11.9 Å². The third-order valence-corrected chi connectivity index (χ3v) is 3.47. The van der Waals surface area contributed by atoms with Gasteiger partial charge in [0.05, 0.1) is 0 Å². The Kier molecular flexibility index (Phi) is 28.4. The third-order valence-electron chi connectivity index (χ3n) is 3.47. The maximum absolute atomic E-state index is 9.98. The number of unbranched alkanes of at least 4 members (excludes halogenated alkanes) is 10. The number of rotatable bonds is 14. The Labute approximate surface area is 155 Å². The molecule has 0 atom stereocenters. The van der Waals surface area contributed by atoms with E-state index in [9.17, 15) is 19.8 Å². The van der Waals surface area contributed by atoms with Crippen molar-refractivity contribution >= 4 is 11.9 Å². The summed E-state index contributed by atoms with van der Waals surface area (Å²) in [6.45, 7) is 4.34. The van der Waals surface area contributed by atoms with E-state index >= 15 is 0 Å². The Morgan fingerprint density at radius 2 is 0.826 bits per heavy atom. The molecule has 0 spiro atoms. The number of aliphatic carboxylic acids is 2.